The minimum Gasteiger partial charge on any atom is -0.439 e. The third-order valence-electron chi connectivity index (χ3n) is 3.51. The number of halogens is 2. The van der Waals surface area contributed by atoms with Crippen LogP contribution in [-0.2, 0) is 0 Å². The predicted octanol–water partition coefficient (Wildman–Crippen LogP) is 5.33. The number of hydrogen-bond donors (Lipinski definition) is 1. The molecule has 0 spiro atoms. The van der Waals surface area contributed by atoms with E-state index in [1.54, 1.807) is 55.6 Å². The van der Waals surface area contributed by atoms with E-state index in [4.69, 9.17) is 16.3 Å². The van der Waals surface area contributed by atoms with Crippen molar-refractivity contribution in [3.63, 3.8) is 0 Å². The van der Waals surface area contributed by atoms with E-state index < -0.39 is 5.82 Å². The van der Waals surface area contributed by atoms with E-state index in [1.165, 1.54) is 23.2 Å². The number of benzene rings is 2. The molecule has 2 amide bonds. The van der Waals surface area contributed by atoms with E-state index in [2.05, 4.69) is 10.3 Å². The number of amides is 2. The highest BCUT2D eigenvalue weighted by Crippen LogP contribution is 2.22. The molecule has 0 saturated heterocycles. The van der Waals surface area contributed by atoms with Crippen molar-refractivity contribution in [1.82, 2.24) is 4.98 Å². The monoisotopic (exact) mass is 371 g/mol. The average molecular weight is 372 g/mol. The number of ether oxygens (including phenoxy) is 1. The van der Waals surface area contributed by atoms with Crippen LogP contribution >= 0.6 is 11.6 Å². The van der Waals surface area contributed by atoms with E-state index >= 15 is 0 Å². The van der Waals surface area contributed by atoms with Gasteiger partial charge in [0.25, 0.3) is 0 Å². The maximum absolute atomic E-state index is 13.2. The van der Waals surface area contributed by atoms with Gasteiger partial charge in [0.1, 0.15) is 11.6 Å². The molecule has 1 N–H and O–H groups in total. The maximum atomic E-state index is 13.2. The number of nitrogens with one attached hydrogen (secondary N) is 1. The van der Waals surface area contributed by atoms with Crippen LogP contribution in [0.3, 0.4) is 0 Å². The molecule has 1 aromatic heterocycles. The highest BCUT2D eigenvalue weighted by molar-refractivity contribution is 6.30. The van der Waals surface area contributed by atoms with Gasteiger partial charge in [-0.1, -0.05) is 23.7 Å². The molecule has 0 fully saturated rings. The van der Waals surface area contributed by atoms with Crippen molar-refractivity contribution in [3.8, 4) is 11.6 Å². The quantitative estimate of drug-likeness (QED) is 0.674. The van der Waals surface area contributed by atoms with Crippen molar-refractivity contribution in [3.05, 3.63) is 77.7 Å². The second kappa shape index (κ2) is 7.84. The number of carbonyl (C=O) groups excluding carboxylic acids is 1. The molecule has 0 aliphatic rings. The molecule has 0 aliphatic heterocycles. The van der Waals surface area contributed by atoms with Crippen LogP contribution in [0.5, 0.6) is 11.6 Å². The van der Waals surface area contributed by atoms with Gasteiger partial charge in [0.2, 0.25) is 5.88 Å². The highest BCUT2D eigenvalue weighted by atomic mass is 35.5. The second-order valence-electron chi connectivity index (χ2n) is 5.41. The first-order chi connectivity index (χ1) is 12.5. The Labute approximate surface area is 155 Å². The van der Waals surface area contributed by atoms with Gasteiger partial charge in [-0.05, 0) is 36.4 Å². The van der Waals surface area contributed by atoms with Crippen molar-refractivity contribution in [2.75, 3.05) is 17.3 Å². The lowest BCUT2D eigenvalue weighted by Crippen LogP contribution is -2.31. The highest BCUT2D eigenvalue weighted by Gasteiger charge is 2.11. The SMILES string of the molecule is CN(C(=O)Nc1ccc(Oc2cccc(F)c2)nc1)c1cccc(Cl)c1. The molecule has 3 rings (SSSR count). The molecular weight excluding hydrogens is 357 g/mol. The van der Waals surface area contributed by atoms with E-state index in [1.807, 2.05) is 0 Å². The molecule has 7 heteroatoms. The van der Waals surface area contributed by atoms with Crippen LogP contribution in [-0.4, -0.2) is 18.1 Å². The number of aromatic nitrogens is 1. The van der Waals surface area contributed by atoms with Crippen molar-refractivity contribution in [2.45, 2.75) is 0 Å². The van der Waals surface area contributed by atoms with Crippen molar-refractivity contribution >= 4 is 29.0 Å². The number of pyridine rings is 1. The average Bonchev–Trinajstić information content (AvgIpc) is 2.63. The summed E-state index contributed by atoms with van der Waals surface area (Å²) in [7, 11) is 1.63. The van der Waals surface area contributed by atoms with Gasteiger partial charge in [-0.2, -0.15) is 0 Å². The summed E-state index contributed by atoms with van der Waals surface area (Å²) < 4.78 is 18.6. The molecule has 0 aliphatic carbocycles. The largest absolute Gasteiger partial charge is 0.439 e. The molecule has 0 atom stereocenters. The van der Waals surface area contributed by atoms with Gasteiger partial charge in [0, 0.05) is 29.9 Å². The van der Waals surface area contributed by atoms with Crippen LogP contribution in [0.1, 0.15) is 0 Å². The standard InChI is InChI=1S/C19H15ClFN3O2/c1-24(16-6-2-4-13(20)10-16)19(25)23-15-8-9-18(22-12-15)26-17-7-3-5-14(21)11-17/h2-12H,1H3,(H,23,25). The minimum atomic E-state index is -0.393. The molecule has 132 valence electrons. The van der Waals surface area contributed by atoms with Gasteiger partial charge in [0.15, 0.2) is 0 Å². The Bertz CT molecular complexity index is 919. The first-order valence-electron chi connectivity index (χ1n) is 7.71. The summed E-state index contributed by atoms with van der Waals surface area (Å²) >= 11 is 5.94. The summed E-state index contributed by atoms with van der Waals surface area (Å²) in [6.07, 6.45) is 1.46. The third kappa shape index (κ3) is 4.49. The summed E-state index contributed by atoms with van der Waals surface area (Å²) in [6, 6.07) is 15.6. The number of nitrogens with zero attached hydrogens (tertiary/aromatic N) is 2. The molecule has 3 aromatic rings. The number of rotatable bonds is 4. The molecule has 2 aromatic carbocycles. The fourth-order valence-electron chi connectivity index (χ4n) is 2.18. The Kier molecular flexibility index (Phi) is 5.34. The smallest absolute Gasteiger partial charge is 0.326 e. The Hall–Kier alpha value is -3.12. The lowest BCUT2D eigenvalue weighted by molar-refractivity contribution is 0.258. The number of carbonyl (C=O) groups is 1. The topological polar surface area (TPSA) is 54.5 Å². The van der Waals surface area contributed by atoms with Crippen LogP contribution in [0.15, 0.2) is 66.9 Å². The van der Waals surface area contributed by atoms with Crippen LogP contribution in [0.2, 0.25) is 5.02 Å². The lowest BCUT2D eigenvalue weighted by atomic mass is 10.3. The Morgan fingerprint density at radius 3 is 2.65 bits per heavy atom. The van der Waals surface area contributed by atoms with Crippen LogP contribution in [0, 0.1) is 5.82 Å². The normalized spacial score (nSPS) is 10.3. The zero-order valence-electron chi connectivity index (χ0n) is 13.8. The van der Waals surface area contributed by atoms with Gasteiger partial charge < -0.3 is 10.1 Å². The Morgan fingerprint density at radius 2 is 1.96 bits per heavy atom. The van der Waals surface area contributed by atoms with Gasteiger partial charge in [0.05, 0.1) is 11.9 Å². The molecular formula is C19H15ClFN3O2. The molecule has 5 nitrogen and oxygen atoms in total. The van der Waals surface area contributed by atoms with Crippen molar-refractivity contribution in [2.24, 2.45) is 0 Å². The number of anilines is 2. The molecule has 0 radical (unpaired) electrons. The molecule has 26 heavy (non-hydrogen) atoms. The maximum Gasteiger partial charge on any atom is 0.326 e. The van der Waals surface area contributed by atoms with E-state index in [0.717, 1.165) is 0 Å². The van der Waals surface area contributed by atoms with Crippen LogP contribution in [0.25, 0.3) is 0 Å². The van der Waals surface area contributed by atoms with E-state index in [-0.39, 0.29) is 11.9 Å². The van der Waals surface area contributed by atoms with Gasteiger partial charge in [-0.15, -0.1) is 0 Å². The molecule has 0 unspecified atom stereocenters. The van der Waals surface area contributed by atoms with Crippen molar-refractivity contribution in [1.29, 1.82) is 0 Å². The first kappa shape index (κ1) is 17.7. The van der Waals surface area contributed by atoms with E-state index in [9.17, 15) is 9.18 Å². The van der Waals surface area contributed by atoms with Gasteiger partial charge in [-0.3, -0.25) is 4.90 Å². The predicted molar refractivity (Wildman–Crippen MR) is 99.6 cm³/mol. The third-order valence-corrected chi connectivity index (χ3v) is 3.74. The zero-order valence-corrected chi connectivity index (χ0v) is 14.6. The lowest BCUT2D eigenvalue weighted by Gasteiger charge is -2.18. The zero-order chi connectivity index (χ0) is 18.5. The summed E-state index contributed by atoms with van der Waals surface area (Å²) in [5, 5.41) is 3.27. The fraction of sp³-hybridized carbons (Fsp3) is 0.0526. The van der Waals surface area contributed by atoms with Gasteiger partial charge >= 0.3 is 6.03 Å². The number of urea groups is 1. The molecule has 1 heterocycles. The summed E-state index contributed by atoms with van der Waals surface area (Å²) in [6.45, 7) is 0. The summed E-state index contributed by atoms with van der Waals surface area (Å²) in [5.74, 6) is 0.238. The van der Waals surface area contributed by atoms with Crippen molar-refractivity contribution < 1.29 is 13.9 Å². The number of hydrogen-bond acceptors (Lipinski definition) is 3. The van der Waals surface area contributed by atoms with E-state index in [0.29, 0.717) is 22.1 Å². The first-order valence-corrected chi connectivity index (χ1v) is 8.09. The fourth-order valence-corrected chi connectivity index (χ4v) is 2.36. The Balaban J connectivity index is 1.64. The minimum absolute atomic E-state index is 0.289. The van der Waals surface area contributed by atoms with Crippen LogP contribution in [0.4, 0.5) is 20.6 Å². The Morgan fingerprint density at radius 1 is 1.15 bits per heavy atom. The second-order valence-corrected chi connectivity index (χ2v) is 5.85. The summed E-state index contributed by atoms with van der Waals surface area (Å²) in [4.78, 5) is 17.8. The summed E-state index contributed by atoms with van der Waals surface area (Å²) in [5.41, 5.74) is 1.16. The van der Waals surface area contributed by atoms with Crippen LogP contribution < -0.4 is 15.0 Å². The molecule has 0 saturated carbocycles. The van der Waals surface area contributed by atoms with Gasteiger partial charge in [-0.25, -0.2) is 14.2 Å². The molecule has 0 bridgehead atoms.